The van der Waals surface area contributed by atoms with E-state index in [0.717, 1.165) is 0 Å². The summed E-state index contributed by atoms with van der Waals surface area (Å²) >= 11 is 0. The van der Waals surface area contributed by atoms with E-state index in [4.69, 9.17) is 37.7 Å². The van der Waals surface area contributed by atoms with Gasteiger partial charge in [0.25, 0.3) is 0 Å². The summed E-state index contributed by atoms with van der Waals surface area (Å²) in [5.74, 6) is -189. The second-order valence-corrected chi connectivity index (χ2v) is 59.6. The molecule has 0 amide bonds. The number of aliphatic hydroxyl groups is 1. The van der Waals surface area contributed by atoms with Gasteiger partial charge in [0.15, 0.2) is 0 Å². The summed E-state index contributed by atoms with van der Waals surface area (Å²) in [6, 6.07) is -10.0. The monoisotopic (exact) mass is 2020 g/mol. The Kier molecular flexibility index (Phi) is 25.8. The predicted octanol–water partition coefficient (Wildman–Crippen LogP) is 19.5. The minimum Gasteiger partial charge on any atom is -0.414 e. The molecule has 4 aliphatic rings. The molecule has 0 aliphatic carbocycles. The molecule has 73 heteroatoms. The summed E-state index contributed by atoms with van der Waals surface area (Å²) in [5, 5.41) is 1.44. The van der Waals surface area contributed by atoms with E-state index in [1.165, 1.54) is 0 Å². The zero-order valence-electron chi connectivity index (χ0n) is 58.9. The Bertz CT molecular complexity index is 3720. The smallest absolute Gasteiger partial charge is 0.414 e. The van der Waals surface area contributed by atoms with Gasteiger partial charge < -0.3 is 56.5 Å². The van der Waals surface area contributed by atoms with Crippen molar-refractivity contribution in [3.05, 3.63) is 0 Å². The third-order valence-corrected chi connectivity index (χ3v) is 57.5. The van der Waals surface area contributed by atoms with Crippen molar-refractivity contribution in [3.8, 4) is 0 Å². The van der Waals surface area contributed by atoms with Gasteiger partial charge in [0.1, 0.15) is 15.7 Å². The molecule has 0 aromatic heterocycles. The Morgan fingerprint density at radius 3 is 0.703 bits per heavy atom. The van der Waals surface area contributed by atoms with E-state index in [2.05, 4.69) is 4.12 Å². The first kappa shape index (κ1) is 108. The molecule has 4 fully saturated rings. The van der Waals surface area contributed by atoms with Crippen LogP contribution in [0.4, 0.5) is 224 Å². The summed E-state index contributed by atoms with van der Waals surface area (Å²) in [6.07, 6.45) is -37.3. The number of halogens is 51. The number of alkyl halides is 51. The van der Waals surface area contributed by atoms with Crippen LogP contribution in [0.1, 0.15) is 33.1 Å². The average molecular weight is 2020 g/mol. The third-order valence-electron chi connectivity index (χ3n) is 19.0. The molecule has 0 saturated carbocycles. The Hall–Kier alpha value is -2.14. The first-order valence-electron chi connectivity index (χ1n) is 30.5. The Morgan fingerprint density at radius 1 is 0.229 bits per heavy atom. The normalized spacial score (nSPS) is 30.4. The largest absolute Gasteiger partial charge is 0.491 e. The van der Waals surface area contributed by atoms with E-state index in [1.54, 1.807) is 0 Å². The fourth-order valence-corrected chi connectivity index (χ4v) is 61.3. The lowest BCUT2D eigenvalue weighted by Gasteiger charge is -2.64. The quantitative estimate of drug-likeness (QED) is 0.0504. The highest BCUT2D eigenvalue weighted by molar-refractivity contribution is 6.98. The van der Waals surface area contributed by atoms with Crippen LogP contribution in [0.25, 0.3) is 0 Å². The molecule has 0 radical (unpaired) electrons. The van der Waals surface area contributed by atoms with Crippen molar-refractivity contribution in [2.75, 3.05) is 0 Å². The van der Waals surface area contributed by atoms with Crippen LogP contribution in [0.3, 0.4) is 0 Å². The summed E-state index contributed by atoms with van der Waals surface area (Å²) in [4.78, 5) is 24.6. The molecule has 8 atom stereocenters. The fraction of sp³-hybridized carbons (Fsp3) is 1.00. The molecule has 8 unspecified atom stereocenters. The van der Waals surface area contributed by atoms with E-state index < -0.39 is 274 Å². The maximum atomic E-state index is 16.2. The highest BCUT2D eigenvalue weighted by Crippen LogP contribution is 2.71. The van der Waals surface area contributed by atoms with Gasteiger partial charge in [0.05, 0.1) is 0 Å². The van der Waals surface area contributed by atoms with Crippen LogP contribution in [0.2, 0.25) is 83.6 Å². The minimum atomic E-state index is -9.56. The van der Waals surface area contributed by atoms with Crippen molar-refractivity contribution in [3.63, 3.8) is 0 Å². The van der Waals surface area contributed by atoms with E-state index in [9.17, 15) is 160 Å². The molecule has 4 rings (SSSR count). The van der Waals surface area contributed by atoms with Gasteiger partial charge in [-0.1, -0.05) is 0 Å². The van der Waals surface area contributed by atoms with Crippen LogP contribution < -0.4 is 0 Å². The van der Waals surface area contributed by atoms with Crippen LogP contribution in [0.5, 0.6) is 0 Å². The second-order valence-electron chi connectivity index (χ2n) is 29.0. The molecule has 702 valence electrons. The van der Waals surface area contributed by atoms with Crippen molar-refractivity contribution in [1.82, 2.24) is 0 Å². The molecular weight excluding hydrogens is 1970 g/mol. The first-order valence-corrected chi connectivity index (χ1v) is 52.4. The summed E-state index contributed by atoms with van der Waals surface area (Å²) in [6.45, 7) is 3.89. The zero-order valence-corrected chi connectivity index (χ0v) is 67.9. The maximum absolute atomic E-state index is 16.2. The van der Waals surface area contributed by atoms with Gasteiger partial charge in [0.2, 0.25) is 25.0 Å². The number of hydrogen-bond donors (Lipinski definition) is 3. The maximum Gasteiger partial charge on any atom is 0.491 e. The fourth-order valence-electron chi connectivity index (χ4n) is 12.4. The first-order chi connectivity index (χ1) is 50.2. The van der Waals surface area contributed by atoms with E-state index in [0.29, 0.717) is 32.7 Å². The highest BCUT2D eigenvalue weighted by atomic mass is 28.6. The molecule has 4 aliphatic heterocycles. The molecule has 4 heterocycles. The van der Waals surface area contributed by atoms with Crippen LogP contribution in [-0.2, 0) is 41.8 Å². The standard InChI is InChI=1S/C45H51F51O13Si9/c1-19-42(97,20(2)101-118(106-113(9,10)105-115(12,108-118)103-111(20,5)6)18-15-23(50,51)26(56,57)29(62,63)32(68,69)35(74,75)38(80,81)41(86,87)45(94,95)96)112(7,8)104-114(11,102-110(19,3)4)107-117(99,17-14-22(48,49)25(54,55)28(60,61)31(66,67)34(72,73)37(78,79)40(84,85)44(91,92)93)109-116(98,100-19)16-13-21(46,47)24(52,53)27(58,59)30(64,65)33(70,71)36(76,77)39(82,83)43(88,89)90/h97-99H,13-18H2,1-12H3. The topological polar surface area (TPSA) is 153 Å². The molecule has 3 N–H and O–H groups in total. The van der Waals surface area contributed by atoms with Crippen LogP contribution in [0, 0.1) is 0 Å². The average Bonchev–Trinajstić information content (AvgIpc) is 1.45. The Morgan fingerprint density at radius 2 is 0.441 bits per heavy atom. The van der Waals surface area contributed by atoms with E-state index in [1.807, 2.05) is 0 Å². The van der Waals surface area contributed by atoms with Gasteiger partial charge in [-0.2, -0.15) is 224 Å². The van der Waals surface area contributed by atoms with Crippen LogP contribution in [0.15, 0.2) is 0 Å². The summed E-state index contributed by atoms with van der Waals surface area (Å²) in [7, 11) is -58.3. The minimum absolute atomic E-state index is 0.0123. The molecule has 4 bridgehead atoms. The van der Waals surface area contributed by atoms with Crippen LogP contribution >= 0.6 is 0 Å². The lowest BCUT2D eigenvalue weighted by atomic mass is 9.88. The zero-order chi connectivity index (χ0) is 95.3. The predicted molar refractivity (Wildman–Crippen MR) is 298 cm³/mol. The molecule has 13 nitrogen and oxygen atoms in total. The van der Waals surface area contributed by atoms with Crippen molar-refractivity contribution in [1.29, 1.82) is 0 Å². The lowest BCUT2D eigenvalue weighted by Crippen LogP contribution is -2.90. The van der Waals surface area contributed by atoms with Crippen LogP contribution in [-0.4, -0.2) is 251 Å². The van der Waals surface area contributed by atoms with Gasteiger partial charge in [-0.25, -0.2) is 0 Å². The van der Waals surface area contributed by atoms with Gasteiger partial charge in [-0.05, 0) is 66.2 Å². The Balaban J connectivity index is 2.21. The number of hydrogen-bond acceptors (Lipinski definition) is 13. The molecule has 0 spiro atoms. The van der Waals surface area contributed by atoms with Crippen molar-refractivity contribution < 1.29 is 280 Å². The third kappa shape index (κ3) is 14.8. The van der Waals surface area contributed by atoms with Gasteiger partial charge in [-0.3, -0.25) is 0 Å². The molecule has 118 heavy (non-hydrogen) atoms. The SMILES string of the molecule is CC1(C2(O)C3(C)O[Si](O)(CCC(F)(F)C(F)(F)C(F)(F)C(F)(F)C(F)(F)C(F)(F)C(F)(F)C(F)(F)F)O[Si](O)(CCC(F)(F)C(F)(F)C(F)(F)C(F)(F)C(F)(F)C(F)(F)C(F)(F)C(F)(F)F)O[Si](C)(O[Si]3(C)C)O[Si]2(C)C)O[Si]2(CCC(F)(F)C(F)(F)C(F)(F)C(F)(F)C(F)(F)C(F)(F)C(F)(F)C(F)(F)F)O[Si](C)(C)O[Si](C)(O2)O[Si]1(C)C. The van der Waals surface area contributed by atoms with Gasteiger partial charge >= 0.3 is 195 Å². The van der Waals surface area contributed by atoms with E-state index in [-0.39, 0.29) is 46.6 Å². The van der Waals surface area contributed by atoms with Crippen molar-refractivity contribution >= 4 is 77.5 Å². The summed E-state index contributed by atoms with van der Waals surface area (Å²) in [5.41, 5.74) is 0. The lowest BCUT2D eigenvalue weighted by molar-refractivity contribution is -0.461. The van der Waals surface area contributed by atoms with Crippen molar-refractivity contribution in [2.24, 2.45) is 0 Å². The Labute approximate surface area is 632 Å². The second kappa shape index (κ2) is 28.2. The highest BCUT2D eigenvalue weighted by Gasteiger charge is 3.00. The van der Waals surface area contributed by atoms with E-state index >= 15 is 79.0 Å². The van der Waals surface area contributed by atoms with Gasteiger partial charge in [-0.15, -0.1) is 0 Å². The number of rotatable bonds is 28. The van der Waals surface area contributed by atoms with Crippen molar-refractivity contribution in [2.45, 2.75) is 275 Å². The molecule has 0 aromatic rings. The van der Waals surface area contributed by atoms with Gasteiger partial charge in [0, 0.05) is 50.5 Å². The number of fused-ring (bicyclic) bond motifs is 5. The molecule has 0 aromatic carbocycles. The molecule has 4 saturated heterocycles. The molecular formula is C45H51F51O13Si9. The summed E-state index contributed by atoms with van der Waals surface area (Å²) < 4.78 is 798.